The average Bonchev–Trinajstić information content (AvgIpc) is 3.37. The SMILES string of the molecule is COC(=O)/C=C1\C(COC(c2ccccc2)(c2ccccc2)c2ccccc2)OC(n2ccc(=O)[nH]c2=O)C1O[Si](C)(C)C(C)(C)C. The molecule has 246 valence electrons. The quantitative estimate of drug-likeness (QED) is 0.0977. The van der Waals surface area contributed by atoms with E-state index in [0.29, 0.717) is 5.57 Å². The number of nitrogens with one attached hydrogen (secondary N) is 1. The van der Waals surface area contributed by atoms with E-state index in [1.165, 1.54) is 30.0 Å². The van der Waals surface area contributed by atoms with Gasteiger partial charge in [0.25, 0.3) is 5.56 Å². The van der Waals surface area contributed by atoms with Crippen molar-refractivity contribution in [2.24, 2.45) is 0 Å². The molecule has 1 N–H and O–H groups in total. The Morgan fingerprint density at radius 2 is 1.38 bits per heavy atom. The molecule has 0 aliphatic carbocycles. The molecular formula is C37H42N2O7Si. The number of carbonyl (C=O) groups is 1. The number of rotatable bonds is 10. The van der Waals surface area contributed by atoms with Gasteiger partial charge in [0.2, 0.25) is 0 Å². The molecule has 0 spiro atoms. The maximum absolute atomic E-state index is 13.1. The smallest absolute Gasteiger partial charge is 0.330 e. The Kier molecular flexibility index (Phi) is 9.97. The van der Waals surface area contributed by atoms with Crippen molar-refractivity contribution in [3.05, 3.63) is 152 Å². The topological polar surface area (TPSA) is 109 Å². The van der Waals surface area contributed by atoms with Crippen LogP contribution in [0, 0.1) is 0 Å². The first-order valence-corrected chi connectivity index (χ1v) is 18.5. The summed E-state index contributed by atoms with van der Waals surface area (Å²) in [6.45, 7) is 10.5. The van der Waals surface area contributed by atoms with Crippen molar-refractivity contribution >= 4 is 14.3 Å². The Morgan fingerprint density at radius 1 is 0.872 bits per heavy atom. The zero-order chi connectivity index (χ0) is 33.8. The standard InChI is InChI=1S/C37H42N2O7Si/c1-36(2,3)47(5,6)46-33-29(24-32(41)43-4)30(45-34(33)39-23-22-31(40)38-35(39)42)25-44-37(26-16-10-7-11-17-26,27-18-12-8-13-19-27)28-20-14-9-15-21-28/h7-24,30,33-34H,25H2,1-6H3,(H,38,40,42)/b29-24+. The van der Waals surface area contributed by atoms with Crippen molar-refractivity contribution in [1.29, 1.82) is 0 Å². The predicted molar refractivity (Wildman–Crippen MR) is 183 cm³/mol. The van der Waals surface area contributed by atoms with Gasteiger partial charge in [0.1, 0.15) is 17.8 Å². The molecule has 1 aromatic heterocycles. The van der Waals surface area contributed by atoms with Crippen molar-refractivity contribution < 1.29 is 23.4 Å². The number of hydrogen-bond acceptors (Lipinski definition) is 7. The molecule has 1 aliphatic rings. The van der Waals surface area contributed by atoms with E-state index < -0.39 is 49.6 Å². The van der Waals surface area contributed by atoms with Crippen molar-refractivity contribution in [3.8, 4) is 0 Å². The monoisotopic (exact) mass is 654 g/mol. The van der Waals surface area contributed by atoms with Crippen LogP contribution in [0.1, 0.15) is 43.7 Å². The van der Waals surface area contributed by atoms with E-state index in [1.54, 1.807) is 0 Å². The molecule has 5 rings (SSSR count). The molecule has 3 atom stereocenters. The summed E-state index contributed by atoms with van der Waals surface area (Å²) < 4.78 is 27.0. The summed E-state index contributed by atoms with van der Waals surface area (Å²) in [4.78, 5) is 40.3. The van der Waals surface area contributed by atoms with Crippen molar-refractivity contribution in [2.75, 3.05) is 13.7 Å². The number of carbonyl (C=O) groups excluding carboxylic acids is 1. The van der Waals surface area contributed by atoms with Crippen LogP contribution in [-0.2, 0) is 29.0 Å². The van der Waals surface area contributed by atoms with Crippen molar-refractivity contribution in [1.82, 2.24) is 9.55 Å². The molecular weight excluding hydrogens is 613 g/mol. The van der Waals surface area contributed by atoms with Gasteiger partial charge in [-0.2, -0.15) is 0 Å². The molecule has 2 heterocycles. The molecule has 0 amide bonds. The number of ether oxygens (including phenoxy) is 3. The number of aromatic amines is 1. The summed E-state index contributed by atoms with van der Waals surface area (Å²) in [6, 6.07) is 31.1. The number of nitrogens with zero attached hydrogens (tertiary/aromatic N) is 1. The van der Waals surface area contributed by atoms with Gasteiger partial charge in [-0.25, -0.2) is 9.59 Å². The molecule has 1 fully saturated rings. The van der Waals surface area contributed by atoms with E-state index in [1.807, 2.05) is 91.0 Å². The van der Waals surface area contributed by atoms with Crippen LogP contribution in [0.5, 0.6) is 0 Å². The maximum atomic E-state index is 13.1. The fraction of sp³-hybridized carbons (Fsp3) is 0.324. The molecule has 9 nitrogen and oxygen atoms in total. The molecule has 10 heteroatoms. The lowest BCUT2D eigenvalue weighted by atomic mass is 9.80. The Morgan fingerprint density at radius 3 is 1.83 bits per heavy atom. The first-order valence-electron chi connectivity index (χ1n) is 15.6. The highest BCUT2D eigenvalue weighted by molar-refractivity contribution is 6.74. The van der Waals surface area contributed by atoms with E-state index in [-0.39, 0.29) is 11.6 Å². The highest BCUT2D eigenvalue weighted by Gasteiger charge is 2.49. The zero-order valence-electron chi connectivity index (χ0n) is 27.6. The van der Waals surface area contributed by atoms with Crippen LogP contribution < -0.4 is 11.2 Å². The van der Waals surface area contributed by atoms with Crippen molar-refractivity contribution in [3.63, 3.8) is 0 Å². The number of methoxy groups -OCH3 is 1. The van der Waals surface area contributed by atoms with Crippen LogP contribution in [0.25, 0.3) is 0 Å². The van der Waals surface area contributed by atoms with Gasteiger partial charge in [-0.1, -0.05) is 112 Å². The summed E-state index contributed by atoms with van der Waals surface area (Å²) in [5, 5.41) is -0.207. The summed E-state index contributed by atoms with van der Waals surface area (Å²) in [6.07, 6.45) is 0.0693. The summed E-state index contributed by atoms with van der Waals surface area (Å²) >= 11 is 0. The number of aromatic nitrogens is 2. The number of esters is 1. The molecule has 0 bridgehead atoms. The molecule has 4 aromatic rings. The zero-order valence-corrected chi connectivity index (χ0v) is 28.6. The summed E-state index contributed by atoms with van der Waals surface area (Å²) in [5.41, 5.74) is 0.927. The molecule has 0 saturated carbocycles. The van der Waals surface area contributed by atoms with Crippen LogP contribution >= 0.6 is 0 Å². The van der Waals surface area contributed by atoms with E-state index in [4.69, 9.17) is 18.6 Å². The highest BCUT2D eigenvalue weighted by Crippen LogP contribution is 2.45. The molecule has 3 aromatic carbocycles. The van der Waals surface area contributed by atoms with Crippen LogP contribution in [0.15, 0.2) is 124 Å². The lowest BCUT2D eigenvalue weighted by Gasteiger charge is -2.39. The lowest BCUT2D eigenvalue weighted by Crippen LogP contribution is -2.47. The van der Waals surface area contributed by atoms with Crippen LogP contribution in [-0.4, -0.2) is 49.8 Å². The summed E-state index contributed by atoms with van der Waals surface area (Å²) in [7, 11) is -1.22. The Hall–Kier alpha value is -4.35. The van der Waals surface area contributed by atoms with Gasteiger partial charge in [-0.3, -0.25) is 14.3 Å². The second-order valence-electron chi connectivity index (χ2n) is 13.1. The average molecular weight is 655 g/mol. The van der Waals surface area contributed by atoms with E-state index in [0.717, 1.165) is 16.7 Å². The largest absolute Gasteiger partial charge is 0.466 e. The van der Waals surface area contributed by atoms with Crippen LogP contribution in [0.3, 0.4) is 0 Å². The van der Waals surface area contributed by atoms with Crippen molar-refractivity contribution in [2.45, 2.75) is 62.9 Å². The second kappa shape index (κ2) is 13.8. The minimum atomic E-state index is -2.52. The van der Waals surface area contributed by atoms with Gasteiger partial charge in [0.05, 0.1) is 13.7 Å². The molecule has 0 radical (unpaired) electrons. The number of hydrogen-bond donors (Lipinski definition) is 1. The van der Waals surface area contributed by atoms with E-state index in [2.05, 4.69) is 38.8 Å². The Bertz CT molecular complexity index is 1720. The first kappa shape index (κ1) is 34.0. The highest BCUT2D eigenvalue weighted by atomic mass is 28.4. The van der Waals surface area contributed by atoms with Gasteiger partial charge in [-0.15, -0.1) is 0 Å². The third-order valence-corrected chi connectivity index (χ3v) is 13.5. The third kappa shape index (κ3) is 7.01. The fourth-order valence-electron chi connectivity index (χ4n) is 5.60. The first-order chi connectivity index (χ1) is 22.4. The van der Waals surface area contributed by atoms with Gasteiger partial charge in [0, 0.05) is 18.3 Å². The Balaban J connectivity index is 1.66. The van der Waals surface area contributed by atoms with Crippen LogP contribution in [0.2, 0.25) is 18.1 Å². The maximum Gasteiger partial charge on any atom is 0.330 e. The summed E-state index contributed by atoms with van der Waals surface area (Å²) in [5.74, 6) is -0.590. The van der Waals surface area contributed by atoms with Gasteiger partial charge >= 0.3 is 11.7 Å². The Labute approximate surface area is 275 Å². The van der Waals surface area contributed by atoms with E-state index in [9.17, 15) is 14.4 Å². The molecule has 3 unspecified atom stereocenters. The number of benzene rings is 3. The van der Waals surface area contributed by atoms with Gasteiger partial charge in [-0.05, 0) is 40.4 Å². The second-order valence-corrected chi connectivity index (χ2v) is 17.8. The van der Waals surface area contributed by atoms with Gasteiger partial charge < -0.3 is 18.6 Å². The lowest BCUT2D eigenvalue weighted by molar-refractivity contribution is -0.135. The molecule has 1 aliphatic heterocycles. The molecule has 1 saturated heterocycles. The number of H-pyrrole nitrogens is 1. The predicted octanol–water partition coefficient (Wildman–Crippen LogP) is 5.93. The van der Waals surface area contributed by atoms with E-state index >= 15 is 0 Å². The van der Waals surface area contributed by atoms with Gasteiger partial charge in [0.15, 0.2) is 14.5 Å². The normalized spacial score (nSPS) is 19.5. The van der Waals surface area contributed by atoms with Crippen LogP contribution in [0.4, 0.5) is 0 Å². The fourth-order valence-corrected chi connectivity index (χ4v) is 6.84. The third-order valence-electron chi connectivity index (χ3n) is 9.09. The minimum Gasteiger partial charge on any atom is -0.466 e. The molecule has 47 heavy (non-hydrogen) atoms. The minimum absolute atomic E-state index is 0.0204.